The van der Waals surface area contributed by atoms with Gasteiger partial charge in [0.25, 0.3) is 0 Å². The van der Waals surface area contributed by atoms with Crippen molar-refractivity contribution in [2.45, 2.75) is 26.0 Å². The van der Waals surface area contributed by atoms with Crippen molar-refractivity contribution >= 4 is 11.6 Å². The number of benzene rings is 1. The highest BCUT2D eigenvalue weighted by atomic mass is 35.5. The quantitative estimate of drug-likeness (QED) is 0.878. The average Bonchev–Trinajstić information content (AvgIpc) is 2.95. The highest BCUT2D eigenvalue weighted by Crippen LogP contribution is 2.38. The average molecular weight is 338 g/mol. The second kappa shape index (κ2) is 6.43. The van der Waals surface area contributed by atoms with Gasteiger partial charge in [-0.1, -0.05) is 11.6 Å². The third-order valence-electron chi connectivity index (χ3n) is 3.73. The summed E-state index contributed by atoms with van der Waals surface area (Å²) >= 11 is 6.22. The molecule has 1 atom stereocenters. The van der Waals surface area contributed by atoms with E-state index >= 15 is 0 Å². The molecule has 2 aromatic rings. The molecule has 124 valence electrons. The van der Waals surface area contributed by atoms with Gasteiger partial charge in [-0.2, -0.15) is 0 Å². The molecule has 0 saturated carbocycles. The molecule has 0 aliphatic carbocycles. The summed E-state index contributed by atoms with van der Waals surface area (Å²) in [4.78, 5) is 0. The third-order valence-corrected chi connectivity index (χ3v) is 4.01. The minimum absolute atomic E-state index is 0.353. The van der Waals surface area contributed by atoms with E-state index in [1.807, 2.05) is 25.1 Å². The van der Waals surface area contributed by atoms with E-state index in [9.17, 15) is 5.11 Å². The molecule has 2 heterocycles. The number of rotatable bonds is 5. The van der Waals surface area contributed by atoms with Gasteiger partial charge < -0.3 is 24.3 Å². The van der Waals surface area contributed by atoms with Crippen molar-refractivity contribution in [1.82, 2.24) is 5.32 Å². The molecule has 1 aromatic carbocycles. The maximum absolute atomic E-state index is 10.5. The number of aryl methyl sites for hydroxylation is 1. The molecule has 0 radical (unpaired) electrons. The van der Waals surface area contributed by atoms with Crippen LogP contribution in [0.4, 0.5) is 0 Å². The molecule has 1 aliphatic heterocycles. The van der Waals surface area contributed by atoms with E-state index in [1.165, 1.54) is 0 Å². The van der Waals surface area contributed by atoms with Crippen molar-refractivity contribution < 1.29 is 19.0 Å². The molecule has 0 saturated heterocycles. The first kappa shape index (κ1) is 16.2. The molecule has 23 heavy (non-hydrogen) atoms. The van der Waals surface area contributed by atoms with Crippen molar-refractivity contribution in [1.29, 1.82) is 0 Å². The molecule has 0 amide bonds. The lowest BCUT2D eigenvalue weighted by molar-refractivity contribution is 0.0332. The number of halogens is 1. The fourth-order valence-corrected chi connectivity index (χ4v) is 2.82. The van der Waals surface area contributed by atoms with Crippen LogP contribution >= 0.6 is 11.6 Å². The molecule has 1 unspecified atom stereocenters. The topological polar surface area (TPSA) is 63.9 Å². The Kier molecular flexibility index (Phi) is 4.53. The lowest BCUT2D eigenvalue weighted by Gasteiger charge is -2.22. The number of nitrogens with one attached hydrogen (secondary N) is 1. The molecule has 0 bridgehead atoms. The molecular formula is C17H20ClNO4. The Morgan fingerprint density at radius 1 is 1.26 bits per heavy atom. The van der Waals surface area contributed by atoms with Gasteiger partial charge in [0.1, 0.15) is 30.3 Å². The molecule has 1 aromatic heterocycles. The van der Waals surface area contributed by atoms with E-state index in [4.69, 9.17) is 25.5 Å². The highest BCUT2D eigenvalue weighted by molar-refractivity contribution is 6.32. The smallest absolute Gasteiger partial charge is 0.179 e. The van der Waals surface area contributed by atoms with Gasteiger partial charge in [-0.25, -0.2) is 0 Å². The van der Waals surface area contributed by atoms with Gasteiger partial charge in [-0.05, 0) is 43.7 Å². The summed E-state index contributed by atoms with van der Waals surface area (Å²) in [6.45, 7) is 5.50. The maximum atomic E-state index is 10.5. The summed E-state index contributed by atoms with van der Waals surface area (Å²) in [5, 5.41) is 14.3. The fraction of sp³-hybridized carbons (Fsp3) is 0.412. The largest absolute Gasteiger partial charge is 0.486 e. The van der Waals surface area contributed by atoms with E-state index in [1.54, 1.807) is 13.0 Å². The maximum Gasteiger partial charge on any atom is 0.179 e. The van der Waals surface area contributed by atoms with Crippen molar-refractivity contribution in [2.24, 2.45) is 0 Å². The summed E-state index contributed by atoms with van der Waals surface area (Å²) in [5.74, 6) is 2.58. The first-order valence-electron chi connectivity index (χ1n) is 7.54. The Morgan fingerprint density at radius 2 is 2.04 bits per heavy atom. The normalized spacial score (nSPS) is 16.2. The summed E-state index contributed by atoms with van der Waals surface area (Å²) in [7, 11) is 0. The van der Waals surface area contributed by atoms with E-state index in [0.29, 0.717) is 48.6 Å². The number of fused-ring (bicyclic) bond motifs is 1. The van der Waals surface area contributed by atoms with Gasteiger partial charge in [0.15, 0.2) is 11.5 Å². The molecule has 6 heteroatoms. The van der Waals surface area contributed by atoms with Crippen LogP contribution in [0.5, 0.6) is 11.5 Å². The zero-order valence-electron chi connectivity index (χ0n) is 13.2. The van der Waals surface area contributed by atoms with E-state index in [2.05, 4.69) is 5.32 Å². The highest BCUT2D eigenvalue weighted by Gasteiger charge is 2.26. The number of hydrogen-bond acceptors (Lipinski definition) is 5. The van der Waals surface area contributed by atoms with Gasteiger partial charge in [0, 0.05) is 13.1 Å². The third kappa shape index (κ3) is 3.63. The molecular weight excluding hydrogens is 318 g/mol. The monoisotopic (exact) mass is 337 g/mol. The summed E-state index contributed by atoms with van der Waals surface area (Å²) in [5.41, 5.74) is -0.114. The van der Waals surface area contributed by atoms with E-state index in [-0.39, 0.29) is 0 Å². The van der Waals surface area contributed by atoms with Crippen molar-refractivity contribution in [2.75, 3.05) is 19.8 Å². The van der Waals surface area contributed by atoms with Crippen LogP contribution in [-0.2, 0) is 12.1 Å². The van der Waals surface area contributed by atoms with E-state index in [0.717, 1.165) is 11.3 Å². The van der Waals surface area contributed by atoms with Crippen LogP contribution in [0.25, 0.3) is 0 Å². The Hall–Kier alpha value is -1.69. The molecule has 3 rings (SSSR count). The van der Waals surface area contributed by atoms with Crippen LogP contribution in [0, 0.1) is 6.92 Å². The first-order valence-corrected chi connectivity index (χ1v) is 7.91. The van der Waals surface area contributed by atoms with Gasteiger partial charge in [0.05, 0.1) is 5.02 Å². The standard InChI is InChI=1S/C17H20ClNO4/c1-11-3-4-15(23-11)17(2,20)10-19-9-12-7-13(18)16-14(8-12)21-5-6-22-16/h3-4,7-8,19-20H,5-6,9-10H2,1-2H3. The number of furan rings is 1. The lowest BCUT2D eigenvalue weighted by atomic mass is 10.0. The SMILES string of the molecule is Cc1ccc(C(C)(O)CNCc2cc(Cl)c3c(c2)OCCO3)o1. The Balaban J connectivity index is 1.63. The fourth-order valence-electron chi connectivity index (χ4n) is 2.53. The molecule has 0 spiro atoms. The van der Waals surface area contributed by atoms with Gasteiger partial charge in [-0.3, -0.25) is 0 Å². The first-order chi connectivity index (χ1) is 11.0. The molecule has 1 aliphatic rings. The number of aliphatic hydroxyl groups is 1. The second-order valence-corrected chi connectivity index (χ2v) is 6.30. The van der Waals surface area contributed by atoms with Crippen LogP contribution in [0.2, 0.25) is 5.02 Å². The number of hydrogen-bond donors (Lipinski definition) is 2. The number of ether oxygens (including phenoxy) is 2. The minimum atomic E-state index is -1.08. The molecule has 2 N–H and O–H groups in total. The van der Waals surface area contributed by atoms with E-state index < -0.39 is 5.60 Å². The molecule has 5 nitrogen and oxygen atoms in total. The van der Waals surface area contributed by atoms with Crippen molar-refractivity contribution in [3.05, 3.63) is 46.4 Å². The Bertz CT molecular complexity index is 696. The Morgan fingerprint density at radius 3 is 2.78 bits per heavy atom. The zero-order valence-corrected chi connectivity index (χ0v) is 13.9. The summed E-state index contributed by atoms with van der Waals surface area (Å²) in [6, 6.07) is 7.37. The Labute approximate surface area is 140 Å². The van der Waals surface area contributed by atoms with Crippen LogP contribution in [0.3, 0.4) is 0 Å². The molecule has 0 fully saturated rings. The van der Waals surface area contributed by atoms with Crippen LogP contribution < -0.4 is 14.8 Å². The van der Waals surface area contributed by atoms with Crippen molar-refractivity contribution in [3.8, 4) is 11.5 Å². The zero-order chi connectivity index (χ0) is 16.4. The van der Waals surface area contributed by atoms with Crippen molar-refractivity contribution in [3.63, 3.8) is 0 Å². The van der Waals surface area contributed by atoms with Crippen LogP contribution in [0.15, 0.2) is 28.7 Å². The lowest BCUT2D eigenvalue weighted by Crippen LogP contribution is -2.34. The van der Waals surface area contributed by atoms with Crippen LogP contribution in [0.1, 0.15) is 24.0 Å². The second-order valence-electron chi connectivity index (χ2n) is 5.89. The minimum Gasteiger partial charge on any atom is -0.486 e. The van der Waals surface area contributed by atoms with Gasteiger partial charge >= 0.3 is 0 Å². The van der Waals surface area contributed by atoms with Gasteiger partial charge in [-0.15, -0.1) is 0 Å². The van der Waals surface area contributed by atoms with Crippen LogP contribution in [-0.4, -0.2) is 24.9 Å². The van der Waals surface area contributed by atoms with Gasteiger partial charge in [0.2, 0.25) is 0 Å². The predicted octanol–water partition coefficient (Wildman–Crippen LogP) is 3.01. The summed E-state index contributed by atoms with van der Waals surface area (Å²) in [6.07, 6.45) is 0. The summed E-state index contributed by atoms with van der Waals surface area (Å²) < 4.78 is 16.6. The predicted molar refractivity (Wildman–Crippen MR) is 87.2 cm³/mol.